The summed E-state index contributed by atoms with van der Waals surface area (Å²) in [6.45, 7) is 4.00. The van der Waals surface area contributed by atoms with E-state index in [2.05, 4.69) is 199 Å². The lowest BCUT2D eigenvalue weighted by atomic mass is 9.97. The minimum Gasteiger partial charge on any atom is -0.309 e. The number of hydrogen-bond acceptors (Lipinski definition) is 4. The summed E-state index contributed by atoms with van der Waals surface area (Å²) >= 11 is 1.88. The van der Waals surface area contributed by atoms with Crippen molar-refractivity contribution in [2.45, 2.75) is 13.8 Å². The van der Waals surface area contributed by atoms with Crippen LogP contribution in [0.1, 0.15) is 13.8 Å². The van der Waals surface area contributed by atoms with Gasteiger partial charge in [0.25, 0.3) is 0 Å². The number of para-hydroxylation sites is 1. The van der Waals surface area contributed by atoms with E-state index in [1.807, 2.05) is 49.4 Å². The molecular weight excluding hydrogens is 821 g/mol. The molecule has 4 nitrogen and oxygen atoms in total. The highest BCUT2D eigenvalue weighted by molar-refractivity contribution is 7.26. The highest BCUT2D eigenvalue weighted by Crippen LogP contribution is 2.47. The number of thiophene rings is 1. The maximum atomic E-state index is 5.20. The quantitative estimate of drug-likeness (QED) is 0.167. The van der Waals surface area contributed by atoms with Gasteiger partial charge in [-0.3, -0.25) is 0 Å². The van der Waals surface area contributed by atoms with E-state index in [1.165, 1.54) is 74.7 Å². The van der Waals surface area contributed by atoms with E-state index in [9.17, 15) is 0 Å². The van der Waals surface area contributed by atoms with Crippen molar-refractivity contribution in [3.63, 3.8) is 0 Å². The number of hydrogen-bond donors (Lipinski definition) is 0. The number of aromatic nitrogens is 4. The van der Waals surface area contributed by atoms with Gasteiger partial charge in [-0.05, 0) is 56.9 Å². The van der Waals surface area contributed by atoms with Crippen molar-refractivity contribution >= 4 is 74.9 Å². The lowest BCUT2D eigenvalue weighted by molar-refractivity contribution is 1.07. The zero-order valence-corrected chi connectivity index (χ0v) is 37.3. The second-order valence-electron chi connectivity index (χ2n) is 16.3. The van der Waals surface area contributed by atoms with E-state index in [1.54, 1.807) is 0 Å². The highest BCUT2D eigenvalue weighted by atomic mass is 32.1. The Hall–Kier alpha value is -8.25. The van der Waals surface area contributed by atoms with Crippen molar-refractivity contribution in [2.24, 2.45) is 0 Å². The van der Waals surface area contributed by atoms with Crippen LogP contribution in [-0.2, 0) is 0 Å². The molecule has 3 aromatic heterocycles. The zero-order chi connectivity index (χ0) is 44.1. The van der Waals surface area contributed by atoms with E-state index >= 15 is 0 Å². The van der Waals surface area contributed by atoms with Crippen LogP contribution in [0.25, 0.3) is 126 Å². The summed E-state index contributed by atoms with van der Waals surface area (Å²) in [5.74, 6) is 1.88. The molecule has 3 heterocycles. The second-order valence-corrected chi connectivity index (χ2v) is 17.4. The molecule has 0 saturated carbocycles. The topological polar surface area (TPSA) is 43.6 Å². The number of rotatable bonds is 6. The molecule has 0 aliphatic carbocycles. The summed E-state index contributed by atoms with van der Waals surface area (Å²) in [6, 6.07) is 78.0. The van der Waals surface area contributed by atoms with Gasteiger partial charge in [0, 0.05) is 64.4 Å². The van der Waals surface area contributed by atoms with Crippen molar-refractivity contribution in [3.05, 3.63) is 218 Å². The predicted molar refractivity (Wildman–Crippen MR) is 281 cm³/mol. The minimum absolute atomic E-state index is 0.617. The predicted octanol–water partition coefficient (Wildman–Crippen LogP) is 17.0. The Balaban J connectivity index is 0.00000225. The Labute approximate surface area is 386 Å². The van der Waals surface area contributed by atoms with Crippen LogP contribution in [0.2, 0.25) is 0 Å². The van der Waals surface area contributed by atoms with Gasteiger partial charge in [-0.1, -0.05) is 208 Å². The molecule has 10 aromatic carbocycles. The molecule has 0 aliphatic heterocycles. The van der Waals surface area contributed by atoms with Crippen molar-refractivity contribution in [1.29, 1.82) is 0 Å². The lowest BCUT2D eigenvalue weighted by Crippen LogP contribution is -2.01. The van der Waals surface area contributed by atoms with Gasteiger partial charge in [-0.2, -0.15) is 0 Å². The first-order valence-corrected chi connectivity index (χ1v) is 23.4. The van der Waals surface area contributed by atoms with Crippen LogP contribution >= 0.6 is 11.3 Å². The Morgan fingerprint density at radius 3 is 1.58 bits per heavy atom. The summed E-state index contributed by atoms with van der Waals surface area (Å²) in [5, 5.41) is 10.1. The third-order valence-corrected chi connectivity index (χ3v) is 13.8. The summed E-state index contributed by atoms with van der Waals surface area (Å²) in [4.78, 5) is 15.4. The van der Waals surface area contributed by atoms with Crippen LogP contribution in [0.5, 0.6) is 0 Å². The van der Waals surface area contributed by atoms with Gasteiger partial charge in [-0.15, -0.1) is 11.3 Å². The van der Waals surface area contributed by atoms with Gasteiger partial charge in [0.1, 0.15) is 0 Å². The maximum absolute atomic E-state index is 5.20. The fourth-order valence-corrected chi connectivity index (χ4v) is 10.9. The van der Waals surface area contributed by atoms with Crippen LogP contribution in [0.3, 0.4) is 0 Å². The van der Waals surface area contributed by atoms with Gasteiger partial charge in [-0.25, -0.2) is 15.0 Å². The van der Waals surface area contributed by atoms with Crippen molar-refractivity contribution in [2.75, 3.05) is 0 Å². The third-order valence-electron chi connectivity index (χ3n) is 12.6. The van der Waals surface area contributed by atoms with Crippen LogP contribution in [0.15, 0.2) is 218 Å². The molecule has 13 aromatic rings. The lowest BCUT2D eigenvalue weighted by Gasteiger charge is -2.14. The number of benzene rings is 10. The Morgan fingerprint density at radius 2 is 0.864 bits per heavy atom. The molecule has 312 valence electrons. The highest BCUT2D eigenvalue weighted by Gasteiger charge is 2.22. The standard InChI is InChI=1S/C59H36N4S.C2H6/c1-3-14-37(15-4-1)38-28-30-42(31-29-38)58-60-57(41-18-5-2-6-19-41)61-59(62-58)43-20-11-21-44(36-43)63-51-34-32-39-16-7-9-22-45(39)53(51)49-26-12-24-47(55(49)63)48-25-13-27-50-54-46-23-10-8-17-40(46)33-35-52(54)64-56(48)50;1-2/h1-36H;1-2H3. The molecule has 0 radical (unpaired) electrons. The van der Waals surface area contributed by atoms with Crippen LogP contribution in [0, 0.1) is 0 Å². The Morgan fingerprint density at radius 1 is 0.364 bits per heavy atom. The molecule has 0 bridgehead atoms. The van der Waals surface area contributed by atoms with Gasteiger partial charge < -0.3 is 4.57 Å². The average molecular weight is 863 g/mol. The summed E-state index contributed by atoms with van der Waals surface area (Å²) in [7, 11) is 0. The molecular formula is C61H42N4S. The normalized spacial score (nSPS) is 11.5. The molecule has 13 rings (SSSR count). The summed E-state index contributed by atoms with van der Waals surface area (Å²) < 4.78 is 5.05. The van der Waals surface area contributed by atoms with E-state index < -0.39 is 0 Å². The van der Waals surface area contributed by atoms with Crippen molar-refractivity contribution in [1.82, 2.24) is 19.5 Å². The maximum Gasteiger partial charge on any atom is 0.164 e. The number of fused-ring (bicyclic) bond motifs is 10. The zero-order valence-electron chi connectivity index (χ0n) is 36.5. The SMILES string of the molecule is CC.c1ccc(-c2ccc(-c3nc(-c4ccccc4)nc(-c4cccc(-n5c6ccc7ccccc7c6c6cccc(-c7cccc8c7sc7ccc9ccccc9c78)c65)c4)n3)cc2)cc1. The largest absolute Gasteiger partial charge is 0.309 e. The van der Waals surface area contributed by atoms with E-state index in [0.29, 0.717) is 17.5 Å². The first kappa shape index (κ1) is 39.3. The average Bonchev–Trinajstić information content (AvgIpc) is 3.97. The van der Waals surface area contributed by atoms with Crippen LogP contribution < -0.4 is 0 Å². The molecule has 0 unspecified atom stereocenters. The molecule has 66 heavy (non-hydrogen) atoms. The molecule has 0 fully saturated rings. The second kappa shape index (κ2) is 16.4. The van der Waals surface area contributed by atoms with E-state index in [-0.39, 0.29) is 0 Å². The molecule has 0 saturated heterocycles. The molecule has 0 atom stereocenters. The molecule has 0 aliphatic rings. The first-order valence-electron chi connectivity index (χ1n) is 22.6. The van der Waals surface area contributed by atoms with Crippen molar-refractivity contribution in [3.8, 4) is 62.1 Å². The molecule has 0 N–H and O–H groups in total. The monoisotopic (exact) mass is 862 g/mol. The van der Waals surface area contributed by atoms with Gasteiger partial charge >= 0.3 is 0 Å². The molecule has 0 spiro atoms. The first-order chi connectivity index (χ1) is 32.7. The Bertz CT molecular complexity index is 3940. The van der Waals surface area contributed by atoms with E-state index in [0.717, 1.165) is 33.5 Å². The van der Waals surface area contributed by atoms with E-state index in [4.69, 9.17) is 15.0 Å². The van der Waals surface area contributed by atoms with Crippen LogP contribution in [0.4, 0.5) is 0 Å². The summed E-state index contributed by atoms with van der Waals surface area (Å²) in [5.41, 5.74) is 10.9. The molecule has 0 amide bonds. The summed E-state index contributed by atoms with van der Waals surface area (Å²) in [6.07, 6.45) is 0. The Kier molecular flexibility index (Phi) is 9.77. The van der Waals surface area contributed by atoms with Crippen molar-refractivity contribution < 1.29 is 0 Å². The van der Waals surface area contributed by atoms with Gasteiger partial charge in [0.05, 0.1) is 11.0 Å². The fraction of sp³-hybridized carbons (Fsp3) is 0.0328. The molecule has 5 heteroatoms. The van der Waals surface area contributed by atoms with Gasteiger partial charge in [0.2, 0.25) is 0 Å². The minimum atomic E-state index is 0.617. The number of nitrogens with zero attached hydrogens (tertiary/aromatic N) is 4. The van der Waals surface area contributed by atoms with Gasteiger partial charge in [0.15, 0.2) is 17.5 Å². The third kappa shape index (κ3) is 6.55. The van der Waals surface area contributed by atoms with Crippen LogP contribution in [-0.4, -0.2) is 19.5 Å². The smallest absolute Gasteiger partial charge is 0.164 e. The fourth-order valence-electron chi connectivity index (χ4n) is 9.68.